The molecule has 32 heavy (non-hydrogen) atoms. The maximum Gasteiger partial charge on any atom is 0.336 e. The second-order valence-corrected chi connectivity index (χ2v) is 7.77. The van der Waals surface area contributed by atoms with Crippen molar-refractivity contribution in [2.45, 2.75) is 6.92 Å². The van der Waals surface area contributed by atoms with Gasteiger partial charge >= 0.3 is 5.63 Å². The minimum Gasteiger partial charge on any atom is -0.457 e. The molecule has 0 aliphatic heterocycles. The number of aryl methyl sites for hydroxylation is 1. The van der Waals surface area contributed by atoms with E-state index in [1.807, 2.05) is 31.2 Å². The molecule has 0 unspecified atom stereocenters. The van der Waals surface area contributed by atoms with Crippen LogP contribution < -0.4 is 16.3 Å². The van der Waals surface area contributed by atoms with E-state index in [1.54, 1.807) is 36.4 Å². The Labute approximate surface area is 193 Å². The molecule has 2 heterocycles. The van der Waals surface area contributed by atoms with Crippen LogP contribution in [0.25, 0.3) is 28.4 Å². The molecule has 2 aromatic carbocycles. The maximum atomic E-state index is 12.2. The van der Waals surface area contributed by atoms with Crippen molar-refractivity contribution in [3.05, 3.63) is 93.5 Å². The fraction of sp³-hybridized carbons (Fsp3) is 0.0417. The standard InChI is InChI=1S/C24H17ClN2O4S/c1-14-2-3-16(13-19(14)25)20-9-6-18(30-20)7-10-22(28)27-24(32)26-17-5-8-21-15(12-17)4-11-23(29)31-21/h2-13H,1H3,(H2,26,27,28,32). The topological polar surface area (TPSA) is 84.5 Å². The zero-order valence-corrected chi connectivity index (χ0v) is 18.4. The van der Waals surface area contributed by atoms with Crippen LogP contribution in [0.15, 0.2) is 80.4 Å². The summed E-state index contributed by atoms with van der Waals surface area (Å²) >= 11 is 11.4. The monoisotopic (exact) mass is 464 g/mol. The molecule has 0 aliphatic carbocycles. The van der Waals surface area contributed by atoms with E-state index in [1.165, 1.54) is 12.1 Å². The van der Waals surface area contributed by atoms with E-state index in [9.17, 15) is 9.59 Å². The van der Waals surface area contributed by atoms with Gasteiger partial charge in [-0.05, 0) is 73.2 Å². The molecule has 8 heteroatoms. The van der Waals surface area contributed by atoms with E-state index in [0.29, 0.717) is 27.8 Å². The van der Waals surface area contributed by atoms with Gasteiger partial charge in [0.2, 0.25) is 5.91 Å². The lowest BCUT2D eigenvalue weighted by atomic mass is 10.1. The molecule has 0 fully saturated rings. The minimum atomic E-state index is -0.417. The number of carbonyl (C=O) groups excluding carboxylic acids is 1. The van der Waals surface area contributed by atoms with Crippen molar-refractivity contribution in [2.24, 2.45) is 0 Å². The Morgan fingerprint density at radius 3 is 2.69 bits per heavy atom. The summed E-state index contributed by atoms with van der Waals surface area (Å²) in [6.45, 7) is 1.93. The van der Waals surface area contributed by atoms with Crippen LogP contribution in [0.1, 0.15) is 11.3 Å². The van der Waals surface area contributed by atoms with E-state index in [0.717, 1.165) is 16.5 Å². The Balaban J connectivity index is 1.36. The molecule has 4 aromatic rings. The molecule has 0 atom stereocenters. The molecular formula is C24H17ClN2O4S. The molecule has 6 nitrogen and oxygen atoms in total. The summed E-state index contributed by atoms with van der Waals surface area (Å²) in [5.74, 6) is 0.753. The summed E-state index contributed by atoms with van der Waals surface area (Å²) in [6, 6.07) is 17.3. The van der Waals surface area contributed by atoms with Gasteiger partial charge in [0.15, 0.2) is 5.11 Å². The Morgan fingerprint density at radius 2 is 1.88 bits per heavy atom. The highest BCUT2D eigenvalue weighted by Gasteiger charge is 2.07. The van der Waals surface area contributed by atoms with Crippen molar-refractivity contribution in [2.75, 3.05) is 5.32 Å². The summed E-state index contributed by atoms with van der Waals surface area (Å²) in [5.41, 5.74) is 2.53. The van der Waals surface area contributed by atoms with E-state index < -0.39 is 11.5 Å². The molecule has 160 valence electrons. The third kappa shape index (κ3) is 5.14. The smallest absolute Gasteiger partial charge is 0.336 e. The number of fused-ring (bicyclic) bond motifs is 1. The highest BCUT2D eigenvalue weighted by atomic mass is 35.5. The van der Waals surface area contributed by atoms with Gasteiger partial charge in [-0.3, -0.25) is 10.1 Å². The number of anilines is 1. The number of benzene rings is 2. The van der Waals surface area contributed by atoms with Gasteiger partial charge in [0, 0.05) is 33.8 Å². The van der Waals surface area contributed by atoms with Gasteiger partial charge in [0.05, 0.1) is 0 Å². The molecule has 2 N–H and O–H groups in total. The number of furan rings is 1. The zero-order chi connectivity index (χ0) is 22.7. The van der Waals surface area contributed by atoms with Crippen LogP contribution in [0, 0.1) is 6.92 Å². The van der Waals surface area contributed by atoms with E-state index in [2.05, 4.69) is 10.6 Å². The maximum absolute atomic E-state index is 12.2. The van der Waals surface area contributed by atoms with Gasteiger partial charge in [0.1, 0.15) is 17.1 Å². The molecule has 0 bridgehead atoms. The molecular weight excluding hydrogens is 448 g/mol. The van der Waals surface area contributed by atoms with Gasteiger partial charge in [-0.15, -0.1) is 0 Å². The predicted molar refractivity (Wildman–Crippen MR) is 130 cm³/mol. The molecule has 1 amide bonds. The Hall–Kier alpha value is -3.68. The SMILES string of the molecule is Cc1ccc(-c2ccc(C=CC(=O)NC(=S)Nc3ccc4oc(=O)ccc4c3)o2)cc1Cl. The van der Waals surface area contributed by atoms with Crippen molar-refractivity contribution >= 4 is 57.6 Å². The molecule has 0 aliphatic rings. The molecule has 0 saturated carbocycles. The lowest BCUT2D eigenvalue weighted by molar-refractivity contribution is -0.115. The second-order valence-electron chi connectivity index (χ2n) is 6.95. The summed E-state index contributed by atoms with van der Waals surface area (Å²) in [7, 11) is 0. The fourth-order valence-corrected chi connectivity index (χ4v) is 3.37. The Kier molecular flexibility index (Phi) is 6.20. The van der Waals surface area contributed by atoms with Crippen LogP contribution in [-0.4, -0.2) is 11.0 Å². The normalized spacial score (nSPS) is 11.1. The minimum absolute atomic E-state index is 0.130. The highest BCUT2D eigenvalue weighted by Crippen LogP contribution is 2.27. The number of thiocarbonyl (C=S) groups is 1. The summed E-state index contributed by atoms with van der Waals surface area (Å²) in [6.07, 6.45) is 2.88. The van der Waals surface area contributed by atoms with Gasteiger partial charge < -0.3 is 14.2 Å². The van der Waals surface area contributed by atoms with Gasteiger partial charge in [-0.1, -0.05) is 23.7 Å². The molecule has 2 aromatic heterocycles. The van der Waals surface area contributed by atoms with Crippen molar-refractivity contribution < 1.29 is 13.6 Å². The number of nitrogens with one attached hydrogen (secondary N) is 2. The summed E-state index contributed by atoms with van der Waals surface area (Å²) in [4.78, 5) is 23.5. The molecule has 0 spiro atoms. The van der Waals surface area contributed by atoms with Crippen molar-refractivity contribution in [3.8, 4) is 11.3 Å². The third-order valence-electron chi connectivity index (χ3n) is 4.60. The van der Waals surface area contributed by atoms with Gasteiger partial charge in [-0.25, -0.2) is 4.79 Å². The number of rotatable bonds is 4. The predicted octanol–water partition coefficient (Wildman–Crippen LogP) is 5.54. The van der Waals surface area contributed by atoms with Crippen LogP contribution in [0.2, 0.25) is 5.02 Å². The summed E-state index contributed by atoms with van der Waals surface area (Å²) < 4.78 is 10.9. The first-order valence-corrected chi connectivity index (χ1v) is 10.4. The van der Waals surface area contributed by atoms with Gasteiger partial charge in [-0.2, -0.15) is 0 Å². The van der Waals surface area contributed by atoms with E-state index in [4.69, 9.17) is 32.7 Å². The average molecular weight is 465 g/mol. The first-order chi connectivity index (χ1) is 15.4. The fourth-order valence-electron chi connectivity index (χ4n) is 2.97. The number of hydrogen-bond acceptors (Lipinski definition) is 5. The quantitative estimate of drug-likeness (QED) is 0.234. The number of amides is 1. The first-order valence-electron chi connectivity index (χ1n) is 9.58. The van der Waals surface area contributed by atoms with E-state index in [-0.39, 0.29) is 5.11 Å². The number of carbonyl (C=O) groups is 1. The van der Waals surface area contributed by atoms with Gasteiger partial charge in [0.25, 0.3) is 0 Å². The Bertz CT molecular complexity index is 1420. The van der Waals surface area contributed by atoms with Crippen molar-refractivity contribution in [1.82, 2.24) is 5.32 Å². The van der Waals surface area contributed by atoms with Crippen LogP contribution >= 0.6 is 23.8 Å². The van der Waals surface area contributed by atoms with Crippen LogP contribution in [0.4, 0.5) is 5.69 Å². The molecule has 0 radical (unpaired) electrons. The van der Waals surface area contributed by atoms with Crippen molar-refractivity contribution in [1.29, 1.82) is 0 Å². The Morgan fingerprint density at radius 1 is 1.03 bits per heavy atom. The van der Waals surface area contributed by atoms with Crippen LogP contribution in [0.5, 0.6) is 0 Å². The van der Waals surface area contributed by atoms with E-state index >= 15 is 0 Å². The summed E-state index contributed by atoms with van der Waals surface area (Å²) in [5, 5.41) is 7.01. The zero-order valence-electron chi connectivity index (χ0n) is 16.8. The average Bonchev–Trinajstić information content (AvgIpc) is 3.23. The highest BCUT2D eigenvalue weighted by molar-refractivity contribution is 7.80. The lowest BCUT2D eigenvalue weighted by Gasteiger charge is -2.08. The van der Waals surface area contributed by atoms with Crippen LogP contribution in [-0.2, 0) is 4.79 Å². The van der Waals surface area contributed by atoms with Crippen LogP contribution in [0.3, 0.4) is 0 Å². The third-order valence-corrected chi connectivity index (χ3v) is 5.21. The second kappa shape index (κ2) is 9.21. The first kappa shape index (κ1) is 21.5. The number of hydrogen-bond donors (Lipinski definition) is 2. The molecule has 4 rings (SSSR count). The van der Waals surface area contributed by atoms with Crippen molar-refractivity contribution in [3.63, 3.8) is 0 Å². The number of halogens is 1. The lowest BCUT2D eigenvalue weighted by Crippen LogP contribution is -2.32. The largest absolute Gasteiger partial charge is 0.457 e. The molecule has 0 saturated heterocycles.